The second-order valence-electron chi connectivity index (χ2n) is 3.67. The Kier molecular flexibility index (Phi) is 3.29. The fourth-order valence-corrected chi connectivity index (χ4v) is 1.37. The Morgan fingerprint density at radius 2 is 2.33 bits per heavy atom. The Morgan fingerprint density at radius 1 is 1.58 bits per heavy atom. The van der Waals surface area contributed by atoms with Crippen molar-refractivity contribution < 1.29 is 0 Å². The van der Waals surface area contributed by atoms with E-state index in [2.05, 4.69) is 23.8 Å². The van der Waals surface area contributed by atoms with Gasteiger partial charge in [-0.3, -0.25) is 0 Å². The van der Waals surface area contributed by atoms with E-state index in [0.717, 1.165) is 18.5 Å². The highest BCUT2D eigenvalue weighted by molar-refractivity contribution is 4.96. The molecule has 1 aromatic heterocycles. The van der Waals surface area contributed by atoms with Crippen LogP contribution >= 0.6 is 0 Å². The van der Waals surface area contributed by atoms with E-state index in [0.29, 0.717) is 5.92 Å². The predicted octanol–water partition coefficient (Wildman–Crippen LogP) is 1.33. The van der Waals surface area contributed by atoms with E-state index >= 15 is 0 Å². The van der Waals surface area contributed by atoms with Gasteiger partial charge in [0.1, 0.15) is 0 Å². The summed E-state index contributed by atoms with van der Waals surface area (Å²) in [6.07, 6.45) is 5.49. The highest BCUT2D eigenvalue weighted by atomic mass is 14.9. The van der Waals surface area contributed by atoms with E-state index < -0.39 is 0 Å². The lowest BCUT2D eigenvalue weighted by Crippen LogP contribution is -2.24. The lowest BCUT2D eigenvalue weighted by Gasteiger charge is -2.12. The van der Waals surface area contributed by atoms with Gasteiger partial charge >= 0.3 is 0 Å². The molecule has 0 radical (unpaired) electrons. The fraction of sp³-hybridized carbons (Fsp3) is 0.667. The molecule has 12 heavy (non-hydrogen) atoms. The maximum absolute atomic E-state index is 5.92. The van der Waals surface area contributed by atoms with Crippen LogP contribution in [0.3, 0.4) is 0 Å². The van der Waals surface area contributed by atoms with E-state index in [1.807, 2.05) is 6.20 Å². The van der Waals surface area contributed by atoms with Crippen LogP contribution in [0.15, 0.2) is 12.5 Å². The smallest absolute Gasteiger partial charge is 0.0921 e. The molecule has 3 heteroatoms. The zero-order valence-corrected chi connectivity index (χ0v) is 7.75. The first-order chi connectivity index (χ1) is 5.68. The van der Waals surface area contributed by atoms with Gasteiger partial charge in [-0.25, -0.2) is 4.98 Å². The fourth-order valence-electron chi connectivity index (χ4n) is 1.37. The molecule has 0 aliphatic heterocycles. The molecule has 1 atom stereocenters. The van der Waals surface area contributed by atoms with Gasteiger partial charge in [0.05, 0.1) is 6.33 Å². The van der Waals surface area contributed by atoms with Crippen LogP contribution in [-0.4, -0.2) is 16.0 Å². The number of aromatic amines is 1. The molecule has 0 saturated carbocycles. The normalized spacial score (nSPS) is 13.7. The molecule has 3 N–H and O–H groups in total. The highest BCUT2D eigenvalue weighted by Gasteiger charge is 2.06. The van der Waals surface area contributed by atoms with Crippen molar-refractivity contribution >= 4 is 0 Å². The van der Waals surface area contributed by atoms with Crippen LogP contribution in [0.25, 0.3) is 0 Å². The quantitative estimate of drug-likeness (QED) is 0.710. The SMILES string of the molecule is CC(C)CC(N)Cc1cnc[nH]1. The van der Waals surface area contributed by atoms with Crippen LogP contribution in [0.1, 0.15) is 26.0 Å². The number of hydrogen-bond donors (Lipinski definition) is 2. The zero-order chi connectivity index (χ0) is 8.97. The molecule has 0 saturated heterocycles. The number of nitrogens with one attached hydrogen (secondary N) is 1. The summed E-state index contributed by atoms with van der Waals surface area (Å²) >= 11 is 0. The standard InChI is InChI=1S/C9H17N3/c1-7(2)3-8(10)4-9-5-11-6-12-9/h5-8H,3-4,10H2,1-2H3,(H,11,12). The van der Waals surface area contributed by atoms with Gasteiger partial charge in [0.15, 0.2) is 0 Å². The lowest BCUT2D eigenvalue weighted by atomic mass is 10.0. The third-order valence-electron chi connectivity index (χ3n) is 1.81. The van der Waals surface area contributed by atoms with Crippen LogP contribution in [0.2, 0.25) is 0 Å². The van der Waals surface area contributed by atoms with Crippen LogP contribution < -0.4 is 5.73 Å². The van der Waals surface area contributed by atoms with Crippen LogP contribution in [0.5, 0.6) is 0 Å². The maximum atomic E-state index is 5.92. The number of nitrogens with zero attached hydrogens (tertiary/aromatic N) is 1. The van der Waals surface area contributed by atoms with Crippen LogP contribution in [0, 0.1) is 5.92 Å². The highest BCUT2D eigenvalue weighted by Crippen LogP contribution is 2.06. The molecule has 1 heterocycles. The van der Waals surface area contributed by atoms with Crippen molar-refractivity contribution in [2.24, 2.45) is 11.7 Å². The Bertz CT molecular complexity index is 204. The molecule has 0 spiro atoms. The number of hydrogen-bond acceptors (Lipinski definition) is 2. The molecule has 0 amide bonds. The van der Waals surface area contributed by atoms with Crippen molar-refractivity contribution in [1.29, 1.82) is 0 Å². The second-order valence-corrected chi connectivity index (χ2v) is 3.67. The van der Waals surface area contributed by atoms with Gasteiger partial charge < -0.3 is 10.7 Å². The van der Waals surface area contributed by atoms with E-state index in [-0.39, 0.29) is 6.04 Å². The maximum Gasteiger partial charge on any atom is 0.0921 e. The Hall–Kier alpha value is -0.830. The molecular formula is C9H17N3. The molecule has 0 bridgehead atoms. The van der Waals surface area contributed by atoms with Crippen molar-refractivity contribution in [3.63, 3.8) is 0 Å². The molecule has 1 rings (SSSR count). The summed E-state index contributed by atoms with van der Waals surface area (Å²) < 4.78 is 0. The van der Waals surface area contributed by atoms with Gasteiger partial charge in [-0.1, -0.05) is 13.8 Å². The van der Waals surface area contributed by atoms with Crippen molar-refractivity contribution in [2.75, 3.05) is 0 Å². The molecule has 0 aromatic carbocycles. The number of H-pyrrole nitrogens is 1. The topological polar surface area (TPSA) is 54.7 Å². The third kappa shape index (κ3) is 3.05. The summed E-state index contributed by atoms with van der Waals surface area (Å²) in [7, 11) is 0. The molecular weight excluding hydrogens is 150 g/mol. The van der Waals surface area contributed by atoms with Crippen molar-refractivity contribution in [3.8, 4) is 0 Å². The monoisotopic (exact) mass is 167 g/mol. The molecule has 3 nitrogen and oxygen atoms in total. The first-order valence-corrected chi connectivity index (χ1v) is 4.41. The molecule has 0 aliphatic carbocycles. The Labute approximate surface area is 73.4 Å². The van der Waals surface area contributed by atoms with Gasteiger partial charge in [0.25, 0.3) is 0 Å². The van der Waals surface area contributed by atoms with Crippen LogP contribution in [0.4, 0.5) is 0 Å². The first-order valence-electron chi connectivity index (χ1n) is 4.41. The largest absolute Gasteiger partial charge is 0.348 e. The average molecular weight is 167 g/mol. The summed E-state index contributed by atoms with van der Waals surface area (Å²) in [5, 5.41) is 0. The van der Waals surface area contributed by atoms with Crippen molar-refractivity contribution in [2.45, 2.75) is 32.7 Å². The van der Waals surface area contributed by atoms with Gasteiger partial charge in [-0.15, -0.1) is 0 Å². The summed E-state index contributed by atoms with van der Waals surface area (Å²) in [6.45, 7) is 4.37. The molecule has 0 fully saturated rings. The summed E-state index contributed by atoms with van der Waals surface area (Å²) in [5.74, 6) is 0.669. The first kappa shape index (κ1) is 9.26. The average Bonchev–Trinajstić information content (AvgIpc) is 2.37. The number of rotatable bonds is 4. The van der Waals surface area contributed by atoms with E-state index in [9.17, 15) is 0 Å². The minimum atomic E-state index is 0.255. The zero-order valence-electron chi connectivity index (χ0n) is 7.75. The van der Waals surface area contributed by atoms with Crippen LogP contribution in [-0.2, 0) is 6.42 Å². The minimum Gasteiger partial charge on any atom is -0.348 e. The van der Waals surface area contributed by atoms with Crippen molar-refractivity contribution in [3.05, 3.63) is 18.2 Å². The van der Waals surface area contributed by atoms with E-state index in [1.54, 1.807) is 6.33 Å². The molecule has 0 aliphatic rings. The van der Waals surface area contributed by atoms with Gasteiger partial charge in [0, 0.05) is 24.4 Å². The summed E-state index contributed by atoms with van der Waals surface area (Å²) in [5.41, 5.74) is 7.05. The minimum absolute atomic E-state index is 0.255. The summed E-state index contributed by atoms with van der Waals surface area (Å²) in [4.78, 5) is 6.99. The number of nitrogens with two attached hydrogens (primary N) is 1. The lowest BCUT2D eigenvalue weighted by molar-refractivity contribution is 0.491. The predicted molar refractivity (Wildman–Crippen MR) is 49.7 cm³/mol. The van der Waals surface area contributed by atoms with E-state index in [4.69, 9.17) is 5.73 Å². The molecule has 1 aromatic rings. The number of aromatic nitrogens is 2. The molecule has 1 unspecified atom stereocenters. The third-order valence-corrected chi connectivity index (χ3v) is 1.81. The van der Waals surface area contributed by atoms with Gasteiger partial charge in [-0.05, 0) is 12.3 Å². The Balaban J connectivity index is 2.32. The second kappa shape index (κ2) is 4.26. The van der Waals surface area contributed by atoms with Gasteiger partial charge in [-0.2, -0.15) is 0 Å². The number of imidazole rings is 1. The van der Waals surface area contributed by atoms with Crippen molar-refractivity contribution in [1.82, 2.24) is 9.97 Å². The summed E-state index contributed by atoms with van der Waals surface area (Å²) in [6, 6.07) is 0.255. The molecule has 68 valence electrons. The Morgan fingerprint density at radius 3 is 2.83 bits per heavy atom. The van der Waals surface area contributed by atoms with E-state index in [1.165, 1.54) is 0 Å². The van der Waals surface area contributed by atoms with Gasteiger partial charge in [0.2, 0.25) is 0 Å².